The lowest BCUT2D eigenvalue weighted by atomic mass is 9.99. The van der Waals surface area contributed by atoms with E-state index in [1.165, 1.54) is 0 Å². The highest BCUT2D eigenvalue weighted by Crippen LogP contribution is 2.38. The van der Waals surface area contributed by atoms with Gasteiger partial charge in [-0.3, -0.25) is 0 Å². The van der Waals surface area contributed by atoms with Gasteiger partial charge >= 0.3 is 12.1 Å². The number of methoxy groups -OCH3 is 1. The van der Waals surface area contributed by atoms with E-state index in [0.29, 0.717) is 0 Å². The van der Waals surface area contributed by atoms with Gasteiger partial charge in [0.05, 0.1) is 18.8 Å². The van der Waals surface area contributed by atoms with Crippen LogP contribution in [0.3, 0.4) is 0 Å². The van der Waals surface area contributed by atoms with E-state index in [4.69, 9.17) is 9.47 Å². The molecule has 3 atom stereocenters. The van der Waals surface area contributed by atoms with Crippen molar-refractivity contribution in [3.63, 3.8) is 0 Å². The van der Waals surface area contributed by atoms with Crippen molar-refractivity contribution in [2.24, 2.45) is 0 Å². The molecule has 2 N–H and O–H groups in total. The molecule has 1 amide bonds. The second-order valence-corrected chi connectivity index (χ2v) is 6.28. The number of hydrogen-bond acceptors (Lipinski definition) is 6. The van der Waals surface area contributed by atoms with Crippen molar-refractivity contribution in [2.45, 2.75) is 64.1 Å². The number of aliphatic hydroxyl groups is 1. The van der Waals surface area contributed by atoms with Crippen LogP contribution in [0, 0.1) is 0 Å². The van der Waals surface area contributed by atoms with Gasteiger partial charge in [0.2, 0.25) is 0 Å². The molecule has 7 heteroatoms. The van der Waals surface area contributed by atoms with Gasteiger partial charge in [-0.2, -0.15) is 0 Å². The van der Waals surface area contributed by atoms with Gasteiger partial charge in [-0.1, -0.05) is 0 Å². The maximum Gasteiger partial charge on any atom is 0.408 e. The normalized spacial score (nSPS) is 23.4. The quantitative estimate of drug-likeness (QED) is 0.581. The number of esters is 1. The molecule has 0 aromatic carbocycles. The molecule has 116 valence electrons. The Morgan fingerprint density at radius 2 is 1.85 bits per heavy atom. The van der Waals surface area contributed by atoms with Crippen LogP contribution in [-0.4, -0.2) is 53.7 Å². The molecule has 1 aliphatic heterocycles. The SMILES string of the molecule is COC(=O)[C@H](O)[C@@H](NC(=O)OC(C)(C)C)[C@H]1OC1(C)C. The van der Waals surface area contributed by atoms with Gasteiger partial charge in [0.15, 0.2) is 6.10 Å². The molecule has 1 fully saturated rings. The standard InChI is InChI=1S/C13H23NO6/c1-12(2,3)20-11(17)14-7(8(15)10(16)18-6)9-13(4,5)19-9/h7-9,15H,1-6H3,(H,14,17)/t7-,8-,9-/m1/s1. The number of alkyl carbamates (subject to hydrolysis) is 1. The topological polar surface area (TPSA) is 97.4 Å². The fraction of sp³-hybridized carbons (Fsp3) is 0.846. The average molecular weight is 289 g/mol. The highest BCUT2D eigenvalue weighted by molar-refractivity contribution is 5.77. The molecular weight excluding hydrogens is 266 g/mol. The Labute approximate surface area is 118 Å². The highest BCUT2D eigenvalue weighted by atomic mass is 16.6. The predicted molar refractivity (Wildman–Crippen MR) is 70.1 cm³/mol. The van der Waals surface area contributed by atoms with Gasteiger partial charge < -0.3 is 24.6 Å². The van der Waals surface area contributed by atoms with Gasteiger partial charge in [-0.15, -0.1) is 0 Å². The molecule has 0 spiro atoms. The molecule has 0 aliphatic carbocycles. The first-order chi connectivity index (χ1) is 8.98. The maximum atomic E-state index is 11.8. The molecule has 1 heterocycles. The van der Waals surface area contributed by atoms with Crippen molar-refractivity contribution in [3.05, 3.63) is 0 Å². The summed E-state index contributed by atoms with van der Waals surface area (Å²) in [5, 5.41) is 12.4. The van der Waals surface area contributed by atoms with Crippen LogP contribution in [0.4, 0.5) is 4.79 Å². The number of aliphatic hydroxyl groups excluding tert-OH is 1. The number of carbonyl (C=O) groups excluding carboxylic acids is 2. The molecule has 1 aliphatic rings. The van der Waals surface area contributed by atoms with Crippen molar-refractivity contribution in [1.29, 1.82) is 0 Å². The Bertz CT molecular complexity index is 387. The van der Waals surface area contributed by atoms with Gasteiger partial charge in [0, 0.05) is 0 Å². The fourth-order valence-electron chi connectivity index (χ4n) is 1.83. The lowest BCUT2D eigenvalue weighted by Crippen LogP contribution is -2.52. The Kier molecular flexibility index (Phi) is 4.66. The largest absolute Gasteiger partial charge is 0.467 e. The molecule has 0 bridgehead atoms. The third-order valence-corrected chi connectivity index (χ3v) is 2.85. The Morgan fingerprint density at radius 3 is 2.20 bits per heavy atom. The van der Waals surface area contributed by atoms with Crippen LogP contribution >= 0.6 is 0 Å². The van der Waals surface area contributed by atoms with Gasteiger partial charge in [-0.05, 0) is 34.6 Å². The molecule has 1 saturated heterocycles. The molecule has 1 rings (SSSR count). The van der Waals surface area contributed by atoms with Gasteiger partial charge in [0.1, 0.15) is 11.7 Å². The summed E-state index contributed by atoms with van der Waals surface area (Å²) in [5.41, 5.74) is -1.19. The van der Waals surface area contributed by atoms with E-state index >= 15 is 0 Å². The van der Waals surface area contributed by atoms with Crippen LogP contribution in [0.25, 0.3) is 0 Å². The monoisotopic (exact) mass is 289 g/mol. The zero-order valence-corrected chi connectivity index (χ0v) is 12.7. The Morgan fingerprint density at radius 1 is 1.35 bits per heavy atom. The number of ether oxygens (including phenoxy) is 3. The number of carbonyl (C=O) groups is 2. The molecule has 0 aromatic rings. The number of rotatable bonds is 4. The third-order valence-electron chi connectivity index (χ3n) is 2.85. The first kappa shape index (κ1) is 16.7. The molecule has 0 radical (unpaired) electrons. The van der Waals surface area contributed by atoms with Crippen LogP contribution in [0.1, 0.15) is 34.6 Å². The van der Waals surface area contributed by atoms with E-state index in [1.54, 1.807) is 34.6 Å². The van der Waals surface area contributed by atoms with E-state index in [2.05, 4.69) is 10.1 Å². The van der Waals surface area contributed by atoms with Crippen LogP contribution in [0.2, 0.25) is 0 Å². The van der Waals surface area contributed by atoms with Crippen molar-refractivity contribution in [1.82, 2.24) is 5.32 Å². The van der Waals surface area contributed by atoms with Crippen molar-refractivity contribution in [2.75, 3.05) is 7.11 Å². The summed E-state index contributed by atoms with van der Waals surface area (Å²) in [6.07, 6.45) is -2.72. The maximum absolute atomic E-state index is 11.8. The van der Waals surface area contributed by atoms with Crippen LogP contribution in [0.15, 0.2) is 0 Å². The third kappa shape index (κ3) is 4.35. The fourth-order valence-corrected chi connectivity index (χ4v) is 1.83. The first-order valence-electron chi connectivity index (χ1n) is 6.41. The summed E-state index contributed by atoms with van der Waals surface area (Å²) in [5.74, 6) is -0.836. The lowest BCUT2D eigenvalue weighted by Gasteiger charge is -2.25. The van der Waals surface area contributed by atoms with E-state index in [-0.39, 0.29) is 0 Å². The smallest absolute Gasteiger partial charge is 0.408 e. The highest BCUT2D eigenvalue weighted by Gasteiger charge is 2.56. The second-order valence-electron chi connectivity index (χ2n) is 6.28. The minimum absolute atomic E-state index is 0.482. The van der Waals surface area contributed by atoms with Crippen LogP contribution in [-0.2, 0) is 19.0 Å². The minimum atomic E-state index is -1.51. The van der Waals surface area contributed by atoms with Crippen LogP contribution in [0.5, 0.6) is 0 Å². The summed E-state index contributed by atoms with van der Waals surface area (Å²) in [4.78, 5) is 23.2. The van der Waals surface area contributed by atoms with Gasteiger partial charge in [0.25, 0.3) is 0 Å². The van der Waals surface area contributed by atoms with Crippen LogP contribution < -0.4 is 5.32 Å². The van der Waals surface area contributed by atoms with Crippen molar-refractivity contribution >= 4 is 12.1 Å². The summed E-state index contributed by atoms with van der Waals surface area (Å²) >= 11 is 0. The second kappa shape index (κ2) is 5.57. The van der Waals surface area contributed by atoms with Gasteiger partial charge in [-0.25, -0.2) is 9.59 Å². The zero-order valence-electron chi connectivity index (χ0n) is 12.7. The minimum Gasteiger partial charge on any atom is -0.467 e. The number of epoxide rings is 1. The lowest BCUT2D eigenvalue weighted by molar-refractivity contribution is -0.152. The van der Waals surface area contributed by atoms with E-state index in [1.807, 2.05) is 0 Å². The molecule has 0 aromatic heterocycles. The first-order valence-corrected chi connectivity index (χ1v) is 6.41. The average Bonchev–Trinajstić information content (AvgIpc) is 2.90. The van der Waals surface area contributed by atoms with E-state index in [0.717, 1.165) is 7.11 Å². The predicted octanol–water partition coefficient (Wildman–Crippen LogP) is 0.591. The molecule has 0 saturated carbocycles. The van der Waals surface area contributed by atoms with E-state index in [9.17, 15) is 14.7 Å². The summed E-state index contributed by atoms with van der Waals surface area (Å²) in [6.45, 7) is 8.75. The number of hydrogen-bond donors (Lipinski definition) is 2. The summed E-state index contributed by atoms with van der Waals surface area (Å²) < 4.78 is 15.0. The van der Waals surface area contributed by atoms with Crippen molar-refractivity contribution in [3.8, 4) is 0 Å². The number of amides is 1. The summed E-state index contributed by atoms with van der Waals surface area (Å²) in [7, 11) is 1.16. The number of nitrogens with one attached hydrogen (secondary N) is 1. The Hall–Kier alpha value is -1.34. The van der Waals surface area contributed by atoms with Crippen molar-refractivity contribution < 1.29 is 28.9 Å². The summed E-state index contributed by atoms with van der Waals surface area (Å²) in [6, 6.07) is -0.924. The molecular formula is C13H23NO6. The molecule has 0 unspecified atom stereocenters. The Balaban J connectivity index is 2.74. The zero-order chi connectivity index (χ0) is 15.7. The molecule has 7 nitrogen and oxygen atoms in total. The van der Waals surface area contributed by atoms with E-state index < -0.39 is 41.5 Å². The molecule has 20 heavy (non-hydrogen) atoms.